The van der Waals surface area contributed by atoms with Crippen molar-refractivity contribution in [2.45, 2.75) is 6.92 Å². The van der Waals surface area contributed by atoms with E-state index in [9.17, 15) is 18.0 Å². The number of nitrogens with one attached hydrogen (secondary N) is 2. The van der Waals surface area contributed by atoms with Crippen LogP contribution in [0.3, 0.4) is 0 Å². The molecule has 0 aromatic heterocycles. The van der Waals surface area contributed by atoms with Gasteiger partial charge in [0, 0.05) is 11.9 Å². The lowest BCUT2D eigenvalue weighted by molar-refractivity contribution is -0.112. The molecule has 0 aliphatic carbocycles. The Morgan fingerprint density at radius 2 is 1.79 bits per heavy atom. The molecule has 0 aliphatic heterocycles. The predicted octanol–water partition coefficient (Wildman–Crippen LogP) is 3.87. The van der Waals surface area contributed by atoms with Gasteiger partial charge < -0.3 is 10.6 Å². The molecule has 122 valence electrons. The molecule has 2 N–H and O–H groups in total. The first kappa shape index (κ1) is 17.1. The second-order valence-corrected chi connectivity index (χ2v) is 4.81. The highest BCUT2D eigenvalue weighted by Gasteiger charge is 2.14. The van der Waals surface area contributed by atoms with Gasteiger partial charge in [-0.25, -0.2) is 13.2 Å². The SMILES string of the molecule is Cc1ccccc1NC(=O)/C(C#N)=C\Nc1ccc(F)c(F)c1F. The summed E-state index contributed by atoms with van der Waals surface area (Å²) in [5.74, 6) is -5.14. The van der Waals surface area contributed by atoms with E-state index in [0.29, 0.717) is 5.69 Å². The van der Waals surface area contributed by atoms with Crippen LogP contribution >= 0.6 is 0 Å². The molecule has 0 heterocycles. The first-order valence-electron chi connectivity index (χ1n) is 6.81. The zero-order chi connectivity index (χ0) is 17.7. The first-order chi connectivity index (χ1) is 11.4. The van der Waals surface area contributed by atoms with Gasteiger partial charge in [-0.2, -0.15) is 5.26 Å². The molecule has 0 aliphatic rings. The van der Waals surface area contributed by atoms with E-state index in [-0.39, 0.29) is 5.57 Å². The van der Waals surface area contributed by atoms with E-state index in [2.05, 4.69) is 10.6 Å². The third-order valence-electron chi connectivity index (χ3n) is 3.17. The van der Waals surface area contributed by atoms with Crippen molar-refractivity contribution in [1.29, 1.82) is 5.26 Å². The van der Waals surface area contributed by atoms with E-state index >= 15 is 0 Å². The highest BCUT2D eigenvalue weighted by molar-refractivity contribution is 6.07. The fourth-order valence-electron chi connectivity index (χ4n) is 1.84. The number of carbonyl (C=O) groups excluding carboxylic acids is 1. The van der Waals surface area contributed by atoms with Crippen molar-refractivity contribution >= 4 is 17.3 Å². The number of benzene rings is 2. The third-order valence-corrected chi connectivity index (χ3v) is 3.17. The third kappa shape index (κ3) is 3.73. The molecule has 2 aromatic carbocycles. The molecule has 2 aromatic rings. The van der Waals surface area contributed by atoms with Crippen molar-refractivity contribution in [2.75, 3.05) is 10.6 Å². The molecule has 0 atom stereocenters. The minimum Gasteiger partial charge on any atom is -0.358 e. The highest BCUT2D eigenvalue weighted by atomic mass is 19.2. The van der Waals surface area contributed by atoms with Crippen LogP contribution in [0.2, 0.25) is 0 Å². The summed E-state index contributed by atoms with van der Waals surface area (Å²) in [6.45, 7) is 1.78. The number of anilines is 2. The van der Waals surface area contributed by atoms with Crippen LogP contribution in [0.1, 0.15) is 5.56 Å². The normalized spacial score (nSPS) is 10.9. The Bertz CT molecular complexity index is 857. The molecule has 0 saturated carbocycles. The summed E-state index contributed by atoms with van der Waals surface area (Å²) in [6.07, 6.45) is 0.920. The lowest BCUT2D eigenvalue weighted by Gasteiger charge is -2.08. The zero-order valence-electron chi connectivity index (χ0n) is 12.5. The number of para-hydroxylation sites is 1. The minimum atomic E-state index is -1.64. The Hall–Kier alpha value is -3.27. The summed E-state index contributed by atoms with van der Waals surface area (Å²) in [4.78, 5) is 12.1. The lowest BCUT2D eigenvalue weighted by atomic mass is 10.2. The summed E-state index contributed by atoms with van der Waals surface area (Å²) in [5.41, 5.74) is 0.554. The maximum absolute atomic E-state index is 13.5. The molecule has 0 fully saturated rings. The van der Waals surface area contributed by atoms with Crippen LogP contribution in [0.4, 0.5) is 24.5 Å². The predicted molar refractivity (Wildman–Crippen MR) is 83.4 cm³/mol. The Morgan fingerprint density at radius 1 is 1.08 bits per heavy atom. The molecule has 1 amide bonds. The van der Waals surface area contributed by atoms with Crippen molar-refractivity contribution in [2.24, 2.45) is 0 Å². The summed E-state index contributed by atoms with van der Waals surface area (Å²) in [7, 11) is 0. The number of halogens is 3. The van der Waals surface area contributed by atoms with Crippen molar-refractivity contribution in [3.63, 3.8) is 0 Å². The lowest BCUT2D eigenvalue weighted by Crippen LogP contribution is -2.15. The number of aryl methyl sites for hydroxylation is 1. The zero-order valence-corrected chi connectivity index (χ0v) is 12.5. The summed E-state index contributed by atoms with van der Waals surface area (Å²) in [5, 5.41) is 13.9. The van der Waals surface area contributed by atoms with Gasteiger partial charge in [0.2, 0.25) is 0 Å². The van der Waals surface area contributed by atoms with E-state index in [1.54, 1.807) is 37.3 Å². The Kier molecular flexibility index (Phi) is 5.22. The van der Waals surface area contributed by atoms with Crippen LogP contribution in [-0.4, -0.2) is 5.91 Å². The Labute approximate surface area is 136 Å². The second-order valence-electron chi connectivity index (χ2n) is 4.81. The molecular weight excluding hydrogens is 319 g/mol. The molecule has 24 heavy (non-hydrogen) atoms. The van der Waals surface area contributed by atoms with Crippen LogP contribution in [0.15, 0.2) is 48.2 Å². The number of carbonyl (C=O) groups is 1. The maximum atomic E-state index is 13.5. The fraction of sp³-hybridized carbons (Fsp3) is 0.0588. The van der Waals surface area contributed by atoms with Crippen LogP contribution < -0.4 is 10.6 Å². The van der Waals surface area contributed by atoms with Crippen LogP contribution in [0.25, 0.3) is 0 Å². The van der Waals surface area contributed by atoms with Crippen molar-refractivity contribution in [1.82, 2.24) is 0 Å². The average molecular weight is 331 g/mol. The second kappa shape index (κ2) is 7.33. The van der Waals surface area contributed by atoms with Gasteiger partial charge in [0.1, 0.15) is 11.6 Å². The van der Waals surface area contributed by atoms with Crippen LogP contribution in [0.5, 0.6) is 0 Å². The van der Waals surface area contributed by atoms with Gasteiger partial charge in [-0.3, -0.25) is 4.79 Å². The molecule has 7 heteroatoms. The number of hydrogen-bond donors (Lipinski definition) is 2. The molecule has 0 radical (unpaired) electrons. The number of amides is 1. The van der Waals surface area contributed by atoms with E-state index in [0.717, 1.165) is 23.9 Å². The smallest absolute Gasteiger partial charge is 0.267 e. The molecule has 4 nitrogen and oxygen atoms in total. The van der Waals surface area contributed by atoms with Gasteiger partial charge in [0.15, 0.2) is 17.5 Å². The van der Waals surface area contributed by atoms with Gasteiger partial charge in [-0.15, -0.1) is 0 Å². The largest absolute Gasteiger partial charge is 0.358 e. The summed E-state index contributed by atoms with van der Waals surface area (Å²) < 4.78 is 39.5. The Balaban J connectivity index is 2.18. The monoisotopic (exact) mass is 331 g/mol. The van der Waals surface area contributed by atoms with Crippen molar-refractivity contribution in [3.8, 4) is 6.07 Å². The molecular formula is C17H12F3N3O. The fourth-order valence-corrected chi connectivity index (χ4v) is 1.84. The van der Waals surface area contributed by atoms with Gasteiger partial charge in [0.05, 0.1) is 5.69 Å². The average Bonchev–Trinajstić information content (AvgIpc) is 2.57. The Morgan fingerprint density at radius 3 is 2.46 bits per heavy atom. The van der Waals surface area contributed by atoms with Gasteiger partial charge in [-0.05, 0) is 30.7 Å². The first-order valence-corrected chi connectivity index (χ1v) is 6.81. The van der Waals surface area contributed by atoms with E-state index < -0.39 is 29.0 Å². The molecule has 2 rings (SSSR count). The van der Waals surface area contributed by atoms with Gasteiger partial charge in [0.25, 0.3) is 5.91 Å². The van der Waals surface area contributed by atoms with E-state index in [1.807, 2.05) is 0 Å². The topological polar surface area (TPSA) is 64.9 Å². The van der Waals surface area contributed by atoms with Crippen molar-refractivity contribution in [3.05, 3.63) is 71.2 Å². The van der Waals surface area contributed by atoms with Crippen molar-refractivity contribution < 1.29 is 18.0 Å². The highest BCUT2D eigenvalue weighted by Crippen LogP contribution is 2.20. The summed E-state index contributed by atoms with van der Waals surface area (Å²) in [6, 6.07) is 10.3. The van der Waals surface area contributed by atoms with Gasteiger partial charge in [-0.1, -0.05) is 18.2 Å². The van der Waals surface area contributed by atoms with E-state index in [1.165, 1.54) is 0 Å². The molecule has 0 unspecified atom stereocenters. The van der Waals surface area contributed by atoms with Gasteiger partial charge >= 0.3 is 0 Å². The number of nitriles is 1. The minimum absolute atomic E-state index is 0.359. The molecule has 0 spiro atoms. The summed E-state index contributed by atoms with van der Waals surface area (Å²) >= 11 is 0. The molecule has 0 saturated heterocycles. The van der Waals surface area contributed by atoms with Crippen LogP contribution in [0, 0.1) is 35.7 Å². The maximum Gasteiger partial charge on any atom is 0.267 e. The van der Waals surface area contributed by atoms with Crippen LogP contribution in [-0.2, 0) is 4.79 Å². The number of hydrogen-bond acceptors (Lipinski definition) is 3. The standard InChI is InChI=1S/C17H12F3N3O/c1-10-4-2-3-5-13(10)23-17(24)11(8-21)9-22-14-7-6-12(18)15(19)16(14)20/h2-7,9,22H,1H3,(H,23,24)/b11-9-. The molecule has 0 bridgehead atoms. The quantitative estimate of drug-likeness (QED) is 0.508. The number of nitrogens with zero attached hydrogens (tertiary/aromatic N) is 1. The number of rotatable bonds is 4. The van der Waals surface area contributed by atoms with E-state index in [4.69, 9.17) is 5.26 Å².